The molecular formula is C22H34O2. The Labute approximate surface area is 148 Å². The highest BCUT2D eigenvalue weighted by Crippen LogP contribution is 2.02. The minimum absolute atomic E-state index is 0.112. The van der Waals surface area contributed by atoms with E-state index in [0.717, 1.165) is 51.4 Å². The Balaban J connectivity index is 3.45. The van der Waals surface area contributed by atoms with Crippen LogP contribution in [0.3, 0.4) is 0 Å². The number of carbonyl (C=O) groups is 1. The van der Waals surface area contributed by atoms with Crippen LogP contribution < -0.4 is 0 Å². The predicted octanol–water partition coefficient (Wildman–Crippen LogP) is 6.47. The molecule has 134 valence electrons. The van der Waals surface area contributed by atoms with Crippen LogP contribution in [0.25, 0.3) is 0 Å². The fourth-order valence-electron chi connectivity index (χ4n) is 2.00. The molecule has 24 heavy (non-hydrogen) atoms. The van der Waals surface area contributed by atoms with Gasteiger partial charge in [0, 0.05) is 6.42 Å². The van der Waals surface area contributed by atoms with E-state index in [0.29, 0.717) is 6.42 Å². The van der Waals surface area contributed by atoms with E-state index in [9.17, 15) is 4.79 Å². The zero-order valence-corrected chi connectivity index (χ0v) is 15.5. The van der Waals surface area contributed by atoms with Gasteiger partial charge in [-0.15, -0.1) is 0 Å². The molecule has 0 unspecified atom stereocenters. The van der Waals surface area contributed by atoms with Crippen molar-refractivity contribution in [3.05, 3.63) is 60.8 Å². The zero-order chi connectivity index (χ0) is 17.7. The minimum Gasteiger partial charge on any atom is -0.469 e. The number of methoxy groups -OCH3 is 1. The molecule has 2 nitrogen and oxygen atoms in total. The average Bonchev–Trinajstić information content (AvgIpc) is 2.60. The Morgan fingerprint density at radius 2 is 1.17 bits per heavy atom. The number of unbranched alkanes of at least 4 members (excludes halogenated alkanes) is 2. The summed E-state index contributed by atoms with van der Waals surface area (Å²) < 4.78 is 4.61. The highest BCUT2D eigenvalue weighted by atomic mass is 16.5. The molecule has 2 heteroatoms. The van der Waals surface area contributed by atoms with E-state index < -0.39 is 0 Å². The van der Waals surface area contributed by atoms with Gasteiger partial charge >= 0.3 is 5.97 Å². The molecule has 0 heterocycles. The van der Waals surface area contributed by atoms with Crippen molar-refractivity contribution >= 4 is 5.97 Å². The van der Waals surface area contributed by atoms with Gasteiger partial charge in [0.15, 0.2) is 0 Å². The van der Waals surface area contributed by atoms with E-state index in [4.69, 9.17) is 0 Å². The van der Waals surface area contributed by atoms with E-state index in [1.165, 1.54) is 7.11 Å². The van der Waals surface area contributed by atoms with Gasteiger partial charge in [0.25, 0.3) is 0 Å². The van der Waals surface area contributed by atoms with Crippen molar-refractivity contribution in [3.8, 4) is 0 Å². The van der Waals surface area contributed by atoms with Crippen LogP contribution >= 0.6 is 0 Å². The van der Waals surface area contributed by atoms with Crippen LogP contribution in [0.5, 0.6) is 0 Å². The maximum atomic E-state index is 10.9. The summed E-state index contributed by atoms with van der Waals surface area (Å²) in [6, 6.07) is 0. The van der Waals surface area contributed by atoms with Crippen molar-refractivity contribution in [3.63, 3.8) is 0 Å². The molecule has 0 aliphatic rings. The molecule has 0 aromatic rings. The number of allylic oxidation sites excluding steroid dienone is 10. The first-order valence-electron chi connectivity index (χ1n) is 9.13. The van der Waals surface area contributed by atoms with E-state index in [1.54, 1.807) is 0 Å². The summed E-state index contributed by atoms with van der Waals surface area (Å²) in [5.74, 6) is -0.112. The monoisotopic (exact) mass is 330 g/mol. The molecule has 0 N–H and O–H groups in total. The van der Waals surface area contributed by atoms with Gasteiger partial charge in [-0.25, -0.2) is 0 Å². The van der Waals surface area contributed by atoms with Gasteiger partial charge in [-0.2, -0.15) is 0 Å². The Morgan fingerprint density at radius 1 is 0.708 bits per heavy atom. The number of ether oxygens (including phenoxy) is 1. The lowest BCUT2D eigenvalue weighted by molar-refractivity contribution is -0.140. The summed E-state index contributed by atoms with van der Waals surface area (Å²) in [4.78, 5) is 10.9. The molecule has 0 atom stereocenters. The van der Waals surface area contributed by atoms with Gasteiger partial charge < -0.3 is 4.74 Å². The lowest BCUT2D eigenvalue weighted by atomic mass is 10.2. The zero-order valence-electron chi connectivity index (χ0n) is 15.5. The van der Waals surface area contributed by atoms with E-state index >= 15 is 0 Å². The highest BCUT2D eigenvalue weighted by molar-refractivity contribution is 5.68. The Bertz CT molecular complexity index is 425. The summed E-state index contributed by atoms with van der Waals surface area (Å²) in [5, 5.41) is 0. The number of hydrogen-bond donors (Lipinski definition) is 0. The van der Waals surface area contributed by atoms with E-state index in [-0.39, 0.29) is 5.97 Å². The molecule has 0 aromatic heterocycles. The molecule has 0 aliphatic carbocycles. The molecule has 0 aliphatic heterocycles. The third kappa shape index (κ3) is 18.2. The fraction of sp³-hybridized carbons (Fsp3) is 0.500. The number of rotatable bonds is 14. The molecule has 0 rings (SSSR count). The Morgan fingerprint density at radius 3 is 1.62 bits per heavy atom. The normalized spacial score (nSPS) is 12.6. The van der Waals surface area contributed by atoms with Crippen molar-refractivity contribution in [1.29, 1.82) is 0 Å². The van der Waals surface area contributed by atoms with Crippen LogP contribution in [0, 0.1) is 0 Å². The lowest BCUT2D eigenvalue weighted by Gasteiger charge is -1.96. The SMILES string of the molecule is CC/C=C\C/C=C\C/C=C\C/C=C\C/C=C\CCCCC(=O)OC. The van der Waals surface area contributed by atoms with Crippen LogP contribution in [-0.4, -0.2) is 13.1 Å². The molecule has 0 amide bonds. The first kappa shape index (κ1) is 22.2. The summed E-state index contributed by atoms with van der Waals surface area (Å²) in [7, 11) is 1.44. The average molecular weight is 331 g/mol. The van der Waals surface area contributed by atoms with Crippen LogP contribution in [0.15, 0.2) is 60.8 Å². The molecule has 0 spiro atoms. The van der Waals surface area contributed by atoms with Crippen molar-refractivity contribution < 1.29 is 9.53 Å². The molecule has 0 bridgehead atoms. The summed E-state index contributed by atoms with van der Waals surface area (Å²) in [6.45, 7) is 2.15. The second-order valence-corrected chi connectivity index (χ2v) is 5.53. The van der Waals surface area contributed by atoms with Crippen molar-refractivity contribution in [1.82, 2.24) is 0 Å². The van der Waals surface area contributed by atoms with Gasteiger partial charge in [-0.1, -0.05) is 67.7 Å². The van der Waals surface area contributed by atoms with E-state index in [2.05, 4.69) is 72.4 Å². The second-order valence-electron chi connectivity index (χ2n) is 5.53. The topological polar surface area (TPSA) is 26.3 Å². The number of hydrogen-bond acceptors (Lipinski definition) is 2. The Hall–Kier alpha value is -1.83. The number of carbonyl (C=O) groups excluding carboxylic acids is 1. The Kier molecular flexibility index (Phi) is 17.8. The minimum atomic E-state index is -0.112. The third-order valence-electron chi connectivity index (χ3n) is 3.39. The van der Waals surface area contributed by atoms with Gasteiger partial charge in [0.2, 0.25) is 0 Å². The van der Waals surface area contributed by atoms with Crippen LogP contribution in [0.4, 0.5) is 0 Å². The van der Waals surface area contributed by atoms with Crippen molar-refractivity contribution in [2.75, 3.05) is 7.11 Å². The maximum absolute atomic E-state index is 10.9. The summed E-state index contributed by atoms with van der Waals surface area (Å²) in [5.41, 5.74) is 0. The van der Waals surface area contributed by atoms with Gasteiger partial charge in [0.05, 0.1) is 7.11 Å². The first-order chi connectivity index (χ1) is 11.8. The van der Waals surface area contributed by atoms with Crippen molar-refractivity contribution in [2.45, 2.75) is 64.7 Å². The third-order valence-corrected chi connectivity index (χ3v) is 3.39. The number of esters is 1. The van der Waals surface area contributed by atoms with Gasteiger partial charge in [0.1, 0.15) is 0 Å². The fourth-order valence-corrected chi connectivity index (χ4v) is 2.00. The second kappa shape index (κ2) is 19.2. The molecule has 0 aromatic carbocycles. The molecular weight excluding hydrogens is 296 g/mol. The summed E-state index contributed by atoms with van der Waals surface area (Å²) >= 11 is 0. The van der Waals surface area contributed by atoms with Gasteiger partial charge in [-0.05, 0) is 51.4 Å². The van der Waals surface area contributed by atoms with Crippen molar-refractivity contribution in [2.24, 2.45) is 0 Å². The van der Waals surface area contributed by atoms with Gasteiger partial charge in [-0.3, -0.25) is 4.79 Å². The largest absolute Gasteiger partial charge is 0.469 e. The lowest BCUT2D eigenvalue weighted by Crippen LogP contribution is -1.98. The van der Waals surface area contributed by atoms with Crippen LogP contribution in [0.2, 0.25) is 0 Å². The molecule has 0 fully saturated rings. The maximum Gasteiger partial charge on any atom is 0.305 e. The van der Waals surface area contributed by atoms with E-state index in [1.807, 2.05) is 0 Å². The van der Waals surface area contributed by atoms with Crippen LogP contribution in [-0.2, 0) is 9.53 Å². The summed E-state index contributed by atoms with van der Waals surface area (Å²) in [6.07, 6.45) is 30.7. The smallest absolute Gasteiger partial charge is 0.305 e. The quantitative estimate of drug-likeness (QED) is 0.207. The predicted molar refractivity (Wildman–Crippen MR) is 105 cm³/mol. The first-order valence-corrected chi connectivity index (χ1v) is 9.13. The molecule has 0 saturated carbocycles. The highest BCUT2D eigenvalue weighted by Gasteiger charge is 1.97. The molecule has 0 radical (unpaired) electrons. The standard InChI is InChI=1S/C22H34O2/c1-3-4-5-6-7-8-9-10-11-12-13-14-15-16-17-18-19-20-21-22(23)24-2/h4-5,7-8,10-11,13-14,16-17H,3,6,9,12,15,18-21H2,1-2H3/b5-4-,8-7-,11-10-,14-13-,17-16-. The molecule has 0 saturated heterocycles. The van der Waals surface area contributed by atoms with Crippen LogP contribution in [0.1, 0.15) is 64.7 Å².